The Morgan fingerprint density at radius 2 is 2.22 bits per heavy atom. The molecule has 0 amide bonds. The number of carbonyl (C=O) groups is 1. The third-order valence-electron chi connectivity index (χ3n) is 3.90. The smallest absolute Gasteiger partial charge is 0.313 e. The van der Waals surface area contributed by atoms with E-state index < -0.39 is 5.97 Å². The molecule has 0 bridgehead atoms. The molecule has 2 saturated carbocycles. The van der Waals surface area contributed by atoms with Crippen LogP contribution in [0.15, 0.2) is 5.16 Å². The van der Waals surface area contributed by atoms with E-state index in [4.69, 9.17) is 5.11 Å². The van der Waals surface area contributed by atoms with Gasteiger partial charge in [0.1, 0.15) is 5.82 Å². The maximum Gasteiger partial charge on any atom is 0.313 e. The predicted octanol–water partition coefficient (Wildman–Crippen LogP) is 2.23. The van der Waals surface area contributed by atoms with Crippen molar-refractivity contribution in [3.05, 3.63) is 5.82 Å². The molecule has 0 radical (unpaired) electrons. The van der Waals surface area contributed by atoms with Crippen LogP contribution in [0.1, 0.15) is 50.8 Å². The molecule has 2 aliphatic rings. The van der Waals surface area contributed by atoms with E-state index in [1.54, 1.807) is 0 Å². The lowest BCUT2D eigenvalue weighted by Gasteiger charge is -2.41. The zero-order chi connectivity index (χ0) is 12.8. The number of hydrogen-bond acceptors (Lipinski definition) is 4. The van der Waals surface area contributed by atoms with Gasteiger partial charge in [-0.05, 0) is 39.0 Å². The van der Waals surface area contributed by atoms with Crippen LogP contribution in [0.4, 0.5) is 0 Å². The average Bonchev–Trinajstić information content (AvgIpc) is 3.04. The van der Waals surface area contributed by atoms with Gasteiger partial charge in [-0.2, -0.15) is 0 Å². The number of aliphatic carboxylic acids is 1. The first kappa shape index (κ1) is 12.0. The lowest BCUT2D eigenvalue weighted by Crippen LogP contribution is -2.39. The highest BCUT2D eigenvalue weighted by Crippen LogP contribution is 2.47. The Morgan fingerprint density at radius 3 is 2.72 bits per heavy atom. The van der Waals surface area contributed by atoms with E-state index >= 15 is 0 Å². The Morgan fingerprint density at radius 1 is 1.50 bits per heavy atom. The Balaban J connectivity index is 1.90. The summed E-state index contributed by atoms with van der Waals surface area (Å²) in [5.74, 6) is 0.874. The van der Waals surface area contributed by atoms with Gasteiger partial charge in [0.05, 0.1) is 5.75 Å². The maximum absolute atomic E-state index is 10.7. The first-order valence-corrected chi connectivity index (χ1v) is 7.39. The summed E-state index contributed by atoms with van der Waals surface area (Å²) in [4.78, 5) is 10.7. The lowest BCUT2D eigenvalue weighted by molar-refractivity contribution is -0.133. The highest BCUT2D eigenvalue weighted by atomic mass is 32.2. The summed E-state index contributed by atoms with van der Waals surface area (Å²) in [6, 6.07) is 0. The molecule has 6 heteroatoms. The molecule has 0 unspecified atom stereocenters. The fourth-order valence-electron chi connectivity index (χ4n) is 2.53. The van der Waals surface area contributed by atoms with Crippen molar-refractivity contribution in [3.63, 3.8) is 0 Å². The summed E-state index contributed by atoms with van der Waals surface area (Å²) in [6.07, 6.45) is 5.91. The molecular formula is C12H17N3O2S. The molecule has 1 heterocycles. The van der Waals surface area contributed by atoms with E-state index in [9.17, 15) is 4.79 Å². The normalized spacial score (nSPS) is 21.6. The molecule has 3 rings (SSSR count). The third kappa shape index (κ3) is 2.02. The van der Waals surface area contributed by atoms with Crippen molar-refractivity contribution in [2.75, 3.05) is 5.75 Å². The maximum atomic E-state index is 10.7. The Hall–Kier alpha value is -1.04. The summed E-state index contributed by atoms with van der Waals surface area (Å²) < 4.78 is 2.22. The number of nitrogens with zero attached hydrogens (tertiary/aromatic N) is 3. The van der Waals surface area contributed by atoms with Crippen molar-refractivity contribution >= 4 is 17.7 Å². The van der Waals surface area contributed by atoms with E-state index in [0.29, 0.717) is 5.92 Å². The van der Waals surface area contributed by atoms with Gasteiger partial charge in [-0.25, -0.2) is 0 Å². The minimum atomic E-state index is -0.804. The van der Waals surface area contributed by atoms with Gasteiger partial charge < -0.3 is 5.11 Å². The summed E-state index contributed by atoms with van der Waals surface area (Å²) in [5.41, 5.74) is 0.113. The fourth-order valence-corrected chi connectivity index (χ4v) is 3.32. The zero-order valence-electron chi connectivity index (χ0n) is 10.4. The first-order chi connectivity index (χ1) is 8.60. The molecule has 0 aliphatic heterocycles. The fraction of sp³-hybridized carbons (Fsp3) is 0.750. The average molecular weight is 267 g/mol. The molecular weight excluding hydrogens is 250 g/mol. The van der Waals surface area contributed by atoms with E-state index in [1.165, 1.54) is 31.0 Å². The van der Waals surface area contributed by atoms with Crippen LogP contribution in [0, 0.1) is 0 Å². The third-order valence-corrected chi connectivity index (χ3v) is 4.81. The number of carboxylic acids is 1. The number of carboxylic acid groups (broad SMARTS) is 1. The second-order valence-electron chi connectivity index (χ2n) is 5.48. The number of aromatic nitrogens is 3. The number of hydrogen-bond donors (Lipinski definition) is 1. The van der Waals surface area contributed by atoms with Crippen LogP contribution in [0.2, 0.25) is 0 Å². The SMILES string of the molecule is CC1(n2c(SCC(=O)O)nnc2C2CC2)CCC1. The van der Waals surface area contributed by atoms with E-state index in [2.05, 4.69) is 21.7 Å². The molecule has 1 aromatic heterocycles. The van der Waals surface area contributed by atoms with Crippen LogP contribution in [0.25, 0.3) is 0 Å². The van der Waals surface area contributed by atoms with Crippen molar-refractivity contribution in [3.8, 4) is 0 Å². The summed E-state index contributed by atoms with van der Waals surface area (Å²) in [5, 5.41) is 18.1. The van der Waals surface area contributed by atoms with E-state index in [-0.39, 0.29) is 11.3 Å². The minimum Gasteiger partial charge on any atom is -0.481 e. The van der Waals surface area contributed by atoms with Crippen molar-refractivity contribution in [2.24, 2.45) is 0 Å². The van der Waals surface area contributed by atoms with Crippen LogP contribution >= 0.6 is 11.8 Å². The van der Waals surface area contributed by atoms with Gasteiger partial charge in [0.25, 0.3) is 0 Å². The van der Waals surface area contributed by atoms with Crippen molar-refractivity contribution in [1.29, 1.82) is 0 Å². The molecule has 2 fully saturated rings. The van der Waals surface area contributed by atoms with Gasteiger partial charge >= 0.3 is 5.97 Å². The number of thioether (sulfide) groups is 1. The second-order valence-corrected chi connectivity index (χ2v) is 6.43. The van der Waals surface area contributed by atoms with Gasteiger partial charge in [0.15, 0.2) is 5.16 Å². The van der Waals surface area contributed by atoms with Crippen LogP contribution in [0.5, 0.6) is 0 Å². The Labute approximate surface area is 110 Å². The van der Waals surface area contributed by atoms with Crippen molar-refractivity contribution in [1.82, 2.24) is 14.8 Å². The molecule has 0 saturated heterocycles. The summed E-state index contributed by atoms with van der Waals surface area (Å²) >= 11 is 1.29. The predicted molar refractivity (Wildman–Crippen MR) is 67.9 cm³/mol. The summed E-state index contributed by atoms with van der Waals surface area (Å²) in [7, 11) is 0. The van der Waals surface area contributed by atoms with Gasteiger partial charge in [-0.3, -0.25) is 9.36 Å². The molecule has 0 spiro atoms. The zero-order valence-corrected chi connectivity index (χ0v) is 11.2. The van der Waals surface area contributed by atoms with Crippen molar-refractivity contribution in [2.45, 2.75) is 55.6 Å². The standard InChI is InChI=1S/C12H17N3O2S/c1-12(5-2-6-12)15-10(8-3-4-8)13-14-11(15)18-7-9(16)17/h8H,2-7H2,1H3,(H,16,17). The largest absolute Gasteiger partial charge is 0.481 e. The monoisotopic (exact) mass is 267 g/mol. The van der Waals surface area contributed by atoms with Crippen LogP contribution in [-0.4, -0.2) is 31.6 Å². The molecule has 18 heavy (non-hydrogen) atoms. The highest BCUT2D eigenvalue weighted by Gasteiger charge is 2.41. The molecule has 2 aliphatic carbocycles. The number of rotatable bonds is 5. The van der Waals surface area contributed by atoms with E-state index in [0.717, 1.165) is 23.8 Å². The molecule has 5 nitrogen and oxygen atoms in total. The van der Waals surface area contributed by atoms with Gasteiger partial charge in [0, 0.05) is 11.5 Å². The minimum absolute atomic E-state index is 0.0544. The molecule has 0 atom stereocenters. The van der Waals surface area contributed by atoms with Gasteiger partial charge in [-0.15, -0.1) is 10.2 Å². The topological polar surface area (TPSA) is 68.0 Å². The highest BCUT2D eigenvalue weighted by molar-refractivity contribution is 7.99. The van der Waals surface area contributed by atoms with Crippen LogP contribution < -0.4 is 0 Å². The van der Waals surface area contributed by atoms with E-state index in [1.807, 2.05) is 0 Å². The molecule has 1 N–H and O–H groups in total. The summed E-state index contributed by atoms with van der Waals surface area (Å²) in [6.45, 7) is 2.23. The first-order valence-electron chi connectivity index (χ1n) is 6.40. The lowest BCUT2D eigenvalue weighted by atomic mass is 9.78. The quantitative estimate of drug-likeness (QED) is 0.829. The van der Waals surface area contributed by atoms with Crippen LogP contribution in [0.3, 0.4) is 0 Å². The van der Waals surface area contributed by atoms with Gasteiger partial charge in [-0.1, -0.05) is 11.8 Å². The molecule has 98 valence electrons. The molecule has 1 aromatic rings. The van der Waals surface area contributed by atoms with Crippen LogP contribution in [-0.2, 0) is 10.3 Å². The Kier molecular flexibility index (Phi) is 2.84. The van der Waals surface area contributed by atoms with Gasteiger partial charge in [0.2, 0.25) is 0 Å². The Bertz CT molecular complexity index is 478. The van der Waals surface area contributed by atoms with Crippen molar-refractivity contribution < 1.29 is 9.90 Å². The second kappa shape index (κ2) is 4.26. The molecule has 0 aromatic carbocycles.